The fraction of sp³-hybridized carbons (Fsp3) is 0.292. The van der Waals surface area contributed by atoms with E-state index in [9.17, 15) is 4.79 Å². The Balaban J connectivity index is 1.09. The third kappa shape index (κ3) is 4.36. The molecule has 0 saturated carbocycles. The summed E-state index contributed by atoms with van der Waals surface area (Å²) in [5, 5.41) is 4.52. The van der Waals surface area contributed by atoms with Gasteiger partial charge in [0, 0.05) is 44.3 Å². The molecule has 1 saturated heterocycles. The zero-order valence-electron chi connectivity index (χ0n) is 17.4. The lowest BCUT2D eigenvalue weighted by Crippen LogP contribution is -2.47. The topological polar surface area (TPSA) is 77.2 Å². The first-order valence-electron chi connectivity index (χ1n) is 10.8. The average Bonchev–Trinajstić information content (AvgIpc) is 2.82. The molecule has 0 unspecified atom stereocenters. The van der Waals surface area contributed by atoms with E-state index in [0.717, 1.165) is 57.0 Å². The highest BCUT2D eigenvalue weighted by molar-refractivity contribution is 5.80. The Labute approximate surface area is 181 Å². The second-order valence-electron chi connectivity index (χ2n) is 7.91. The van der Waals surface area contributed by atoms with Crippen LogP contribution in [0.1, 0.15) is 6.42 Å². The molecule has 2 aliphatic heterocycles. The number of aromatic nitrogens is 3. The molecule has 31 heavy (non-hydrogen) atoms. The van der Waals surface area contributed by atoms with E-state index in [-0.39, 0.29) is 5.43 Å². The number of anilines is 2. The van der Waals surface area contributed by atoms with Gasteiger partial charge in [-0.15, -0.1) is 0 Å². The lowest BCUT2D eigenvalue weighted by Gasteiger charge is -2.35. The van der Waals surface area contributed by atoms with Crippen LogP contribution in [0, 0.1) is 0 Å². The van der Waals surface area contributed by atoms with Gasteiger partial charge in [-0.3, -0.25) is 9.69 Å². The van der Waals surface area contributed by atoms with E-state index >= 15 is 0 Å². The van der Waals surface area contributed by atoms with Crippen molar-refractivity contribution in [2.24, 2.45) is 0 Å². The van der Waals surface area contributed by atoms with Crippen molar-refractivity contribution >= 4 is 22.7 Å². The minimum atomic E-state index is -0.00849. The van der Waals surface area contributed by atoms with Crippen molar-refractivity contribution < 1.29 is 0 Å². The predicted octanol–water partition coefficient (Wildman–Crippen LogP) is 3.05. The van der Waals surface area contributed by atoms with Crippen LogP contribution in [-0.2, 0) is 0 Å². The lowest BCUT2D eigenvalue weighted by atomic mass is 10.1. The molecular formula is C24H26N6O. The number of piperazine rings is 1. The zero-order valence-corrected chi connectivity index (χ0v) is 17.4. The molecule has 0 radical (unpaired) electrons. The van der Waals surface area contributed by atoms with E-state index in [4.69, 9.17) is 4.98 Å². The Morgan fingerprint density at radius 1 is 0.935 bits per heavy atom. The Morgan fingerprint density at radius 3 is 2.71 bits per heavy atom. The van der Waals surface area contributed by atoms with Crippen molar-refractivity contribution in [2.75, 3.05) is 49.5 Å². The summed E-state index contributed by atoms with van der Waals surface area (Å²) in [5.41, 5.74) is 2.38. The Hall–Kier alpha value is -3.45. The van der Waals surface area contributed by atoms with E-state index in [2.05, 4.69) is 49.4 Å². The summed E-state index contributed by atoms with van der Waals surface area (Å²) in [5.74, 6) is 1.77. The Kier molecular flexibility index (Phi) is 5.50. The number of benzene rings is 2. The summed E-state index contributed by atoms with van der Waals surface area (Å²) in [4.78, 5) is 29.1. The number of nitrogens with zero attached hydrogens (tertiary/aromatic N) is 4. The second kappa shape index (κ2) is 8.73. The molecule has 0 bridgehead atoms. The van der Waals surface area contributed by atoms with Gasteiger partial charge in [-0.1, -0.05) is 24.3 Å². The molecule has 1 fully saturated rings. The first kappa shape index (κ1) is 19.5. The number of rotatable bonds is 6. The fourth-order valence-corrected chi connectivity index (χ4v) is 4.10. The largest absolute Gasteiger partial charge is 0.356 e. The molecule has 5 rings (SSSR count). The minimum Gasteiger partial charge on any atom is -0.356 e. The van der Waals surface area contributed by atoms with Crippen LogP contribution in [0.3, 0.4) is 0 Å². The van der Waals surface area contributed by atoms with Gasteiger partial charge in [-0.05, 0) is 43.3 Å². The molecule has 3 aliphatic rings. The maximum absolute atomic E-state index is 11.8. The fourth-order valence-electron chi connectivity index (χ4n) is 4.10. The first-order valence-corrected chi connectivity index (χ1v) is 10.8. The molecule has 1 aromatic heterocycles. The number of H-pyrrole nitrogens is 1. The molecule has 1 aromatic carbocycles. The number of hydrogen-bond donors (Lipinski definition) is 2. The van der Waals surface area contributed by atoms with E-state index in [0.29, 0.717) is 17.2 Å². The van der Waals surface area contributed by atoms with Crippen LogP contribution < -0.4 is 15.6 Å². The highest BCUT2D eigenvalue weighted by atomic mass is 16.1. The standard InChI is InChI=1S/C24H26N6O/c31-22-8-3-7-21-19(22)17-26-24(28-21)25-11-4-12-29-13-15-30(16-14-29)23-10-9-18-5-1-2-6-20(18)27-23/h1-3,5-10,17H,4,11-16H2,(H2,25,26,28). The normalized spacial score (nSPS) is 14.9. The third-order valence-electron chi connectivity index (χ3n) is 5.85. The summed E-state index contributed by atoms with van der Waals surface area (Å²) in [6.07, 6.45) is 2.76. The number of para-hydroxylation sites is 1. The highest BCUT2D eigenvalue weighted by Gasteiger charge is 2.18. The third-order valence-corrected chi connectivity index (χ3v) is 5.85. The van der Waals surface area contributed by atoms with Gasteiger partial charge in [0.25, 0.3) is 0 Å². The molecule has 1 aliphatic carbocycles. The smallest absolute Gasteiger partial charge is 0.200 e. The van der Waals surface area contributed by atoms with Crippen molar-refractivity contribution in [2.45, 2.75) is 6.42 Å². The van der Waals surface area contributed by atoms with Gasteiger partial charge in [-0.2, -0.15) is 0 Å². The Bertz CT molecular complexity index is 1200. The summed E-state index contributed by atoms with van der Waals surface area (Å²) >= 11 is 0. The molecule has 7 heteroatoms. The molecule has 158 valence electrons. The van der Waals surface area contributed by atoms with Gasteiger partial charge in [0.15, 0.2) is 5.43 Å². The average molecular weight is 415 g/mol. The van der Waals surface area contributed by atoms with Crippen molar-refractivity contribution in [1.82, 2.24) is 19.9 Å². The molecule has 2 N–H and O–H groups in total. The highest BCUT2D eigenvalue weighted by Crippen LogP contribution is 2.19. The molecule has 0 atom stereocenters. The molecular weight excluding hydrogens is 388 g/mol. The number of fused-ring (bicyclic) bond motifs is 2. The van der Waals surface area contributed by atoms with Crippen LogP contribution >= 0.6 is 0 Å². The number of pyridine rings is 1. The molecule has 0 spiro atoms. The maximum atomic E-state index is 11.8. The van der Waals surface area contributed by atoms with Crippen LogP contribution in [-0.4, -0.2) is 59.1 Å². The summed E-state index contributed by atoms with van der Waals surface area (Å²) in [6.45, 7) is 5.96. The van der Waals surface area contributed by atoms with Crippen molar-refractivity contribution in [3.8, 4) is 11.3 Å². The molecule has 3 heterocycles. The maximum Gasteiger partial charge on any atom is 0.200 e. The quantitative estimate of drug-likeness (QED) is 0.472. The van der Waals surface area contributed by atoms with Crippen LogP contribution in [0.2, 0.25) is 0 Å². The molecule has 7 nitrogen and oxygen atoms in total. The summed E-state index contributed by atoms with van der Waals surface area (Å²) in [7, 11) is 0. The van der Waals surface area contributed by atoms with Crippen LogP contribution in [0.25, 0.3) is 22.2 Å². The van der Waals surface area contributed by atoms with Crippen LogP contribution in [0.15, 0.2) is 65.6 Å². The predicted molar refractivity (Wildman–Crippen MR) is 125 cm³/mol. The van der Waals surface area contributed by atoms with Gasteiger partial charge >= 0.3 is 0 Å². The lowest BCUT2D eigenvalue weighted by molar-refractivity contribution is 0.256. The first-order chi connectivity index (χ1) is 15.3. The van der Waals surface area contributed by atoms with E-state index < -0.39 is 0 Å². The number of hydrogen-bond acceptors (Lipinski definition) is 6. The molecule has 0 amide bonds. The second-order valence-corrected chi connectivity index (χ2v) is 7.91. The number of nitrogens with one attached hydrogen (secondary N) is 2. The van der Waals surface area contributed by atoms with Crippen molar-refractivity contribution in [3.05, 3.63) is 71.0 Å². The van der Waals surface area contributed by atoms with Crippen LogP contribution in [0.5, 0.6) is 0 Å². The van der Waals surface area contributed by atoms with Gasteiger partial charge in [0.1, 0.15) is 5.82 Å². The number of aromatic amines is 1. The van der Waals surface area contributed by atoms with Gasteiger partial charge in [0.2, 0.25) is 5.95 Å². The van der Waals surface area contributed by atoms with E-state index in [1.807, 2.05) is 18.2 Å². The monoisotopic (exact) mass is 414 g/mol. The Morgan fingerprint density at radius 2 is 1.81 bits per heavy atom. The van der Waals surface area contributed by atoms with Crippen molar-refractivity contribution in [1.29, 1.82) is 0 Å². The molecule has 2 aromatic rings. The van der Waals surface area contributed by atoms with Crippen LogP contribution in [0.4, 0.5) is 11.8 Å². The van der Waals surface area contributed by atoms with Gasteiger partial charge in [-0.25, -0.2) is 9.97 Å². The van der Waals surface area contributed by atoms with E-state index in [1.54, 1.807) is 18.3 Å². The van der Waals surface area contributed by atoms with E-state index in [1.165, 1.54) is 5.39 Å². The summed E-state index contributed by atoms with van der Waals surface area (Å²) in [6, 6.07) is 17.7. The van der Waals surface area contributed by atoms with Gasteiger partial charge < -0.3 is 15.2 Å². The zero-order chi connectivity index (χ0) is 21.0. The van der Waals surface area contributed by atoms with Gasteiger partial charge in [0.05, 0.1) is 16.8 Å². The van der Waals surface area contributed by atoms with Crippen molar-refractivity contribution in [3.63, 3.8) is 0 Å². The minimum absolute atomic E-state index is 0.00849. The summed E-state index contributed by atoms with van der Waals surface area (Å²) < 4.78 is 0. The SMILES string of the molecule is O=c1cccc2nc(NCCCN3CCN(c4ccc5ccccc5n4)CC3)[nH]cc1-2.